The second-order valence-electron chi connectivity index (χ2n) is 7.37. The number of benzene rings is 2. The van der Waals surface area contributed by atoms with Gasteiger partial charge in [0, 0.05) is 24.5 Å². The molecule has 3 atom stereocenters. The summed E-state index contributed by atoms with van der Waals surface area (Å²) < 4.78 is 6.15. The second kappa shape index (κ2) is 6.74. The molecule has 1 fully saturated rings. The Morgan fingerprint density at radius 2 is 1.79 bits per heavy atom. The lowest BCUT2D eigenvalue weighted by Crippen LogP contribution is -2.37. The van der Waals surface area contributed by atoms with Crippen LogP contribution in [0.4, 0.5) is 5.69 Å². The average molecular weight is 390 g/mol. The van der Waals surface area contributed by atoms with E-state index in [2.05, 4.69) is 79.2 Å². The lowest BCUT2D eigenvalue weighted by Gasteiger charge is -2.33. The topological polar surface area (TPSA) is 28.1 Å². The molecule has 142 valence electrons. The van der Waals surface area contributed by atoms with Crippen molar-refractivity contribution in [2.24, 2.45) is 4.99 Å². The molecule has 4 nitrogen and oxygen atoms in total. The van der Waals surface area contributed by atoms with E-state index in [0.717, 1.165) is 23.0 Å². The third-order valence-electron chi connectivity index (χ3n) is 5.46. The lowest BCUT2D eigenvalue weighted by molar-refractivity contribution is 0.278. The first-order valence-corrected chi connectivity index (χ1v) is 10.5. The highest BCUT2D eigenvalue weighted by Gasteiger charge is 2.44. The number of anilines is 1. The molecule has 0 amide bonds. The quantitative estimate of drug-likeness (QED) is 0.708. The fraction of sp³-hybridized carbons (Fsp3) is 0.261. The highest BCUT2D eigenvalue weighted by Crippen LogP contribution is 2.50. The zero-order valence-corrected chi connectivity index (χ0v) is 17.1. The zero-order chi connectivity index (χ0) is 19.3. The van der Waals surface area contributed by atoms with Gasteiger partial charge in [0.25, 0.3) is 0 Å². The van der Waals surface area contributed by atoms with Crippen LogP contribution in [0.15, 0.2) is 83.3 Å². The number of rotatable bonds is 2. The van der Waals surface area contributed by atoms with Gasteiger partial charge in [-0.25, -0.2) is 0 Å². The molecule has 0 aromatic heterocycles. The summed E-state index contributed by atoms with van der Waals surface area (Å²) >= 11 is 1.94. The Labute approximate surface area is 170 Å². The Kier molecular flexibility index (Phi) is 4.20. The number of allylic oxidation sites excluding steroid dienone is 2. The Morgan fingerprint density at radius 3 is 2.57 bits per heavy atom. The molecule has 0 spiro atoms. The second-order valence-corrected chi connectivity index (χ2v) is 8.63. The summed E-state index contributed by atoms with van der Waals surface area (Å²) in [7, 11) is 2.06. The van der Waals surface area contributed by atoms with E-state index in [0.29, 0.717) is 0 Å². The number of para-hydroxylation sites is 2. The minimum absolute atomic E-state index is 0.105. The number of fused-ring (bicyclic) bond motifs is 2. The van der Waals surface area contributed by atoms with Crippen molar-refractivity contribution in [3.8, 4) is 5.75 Å². The van der Waals surface area contributed by atoms with Crippen LogP contribution in [0.3, 0.4) is 0 Å². The van der Waals surface area contributed by atoms with Crippen LogP contribution in [-0.4, -0.2) is 29.2 Å². The van der Waals surface area contributed by atoms with Crippen LogP contribution in [0.1, 0.15) is 24.7 Å². The molecule has 3 aliphatic heterocycles. The third kappa shape index (κ3) is 2.81. The van der Waals surface area contributed by atoms with E-state index in [4.69, 9.17) is 9.73 Å². The van der Waals surface area contributed by atoms with E-state index >= 15 is 0 Å². The van der Waals surface area contributed by atoms with Crippen molar-refractivity contribution in [1.29, 1.82) is 0 Å². The van der Waals surface area contributed by atoms with Crippen LogP contribution in [0.5, 0.6) is 5.75 Å². The molecule has 0 N–H and O–H groups in total. The summed E-state index contributed by atoms with van der Waals surface area (Å²) in [4.78, 5) is 9.54. The van der Waals surface area contributed by atoms with E-state index in [9.17, 15) is 0 Å². The molecule has 3 unspecified atom stereocenters. The predicted octanol–water partition coefficient (Wildman–Crippen LogP) is 5.18. The summed E-state index contributed by atoms with van der Waals surface area (Å²) in [5.74, 6) is 1.79. The average Bonchev–Trinajstić information content (AvgIpc) is 3.21. The van der Waals surface area contributed by atoms with Gasteiger partial charge >= 0.3 is 0 Å². The van der Waals surface area contributed by atoms with Gasteiger partial charge in [-0.2, -0.15) is 0 Å². The molecule has 0 saturated carbocycles. The fourth-order valence-corrected chi connectivity index (χ4v) is 5.71. The van der Waals surface area contributed by atoms with Crippen molar-refractivity contribution < 1.29 is 4.74 Å². The maximum absolute atomic E-state index is 6.15. The number of thioether (sulfide) groups is 1. The third-order valence-corrected chi connectivity index (χ3v) is 6.91. The number of hydrogen-bond donors (Lipinski definition) is 0. The van der Waals surface area contributed by atoms with E-state index < -0.39 is 0 Å². The zero-order valence-electron chi connectivity index (χ0n) is 16.2. The minimum Gasteiger partial charge on any atom is -0.439 e. The normalized spacial score (nSPS) is 27.2. The van der Waals surface area contributed by atoms with E-state index in [-0.39, 0.29) is 16.8 Å². The Bertz CT molecular complexity index is 998. The van der Waals surface area contributed by atoms with Gasteiger partial charge in [0.15, 0.2) is 11.6 Å². The largest absolute Gasteiger partial charge is 0.439 e. The Hall–Kier alpha value is -2.66. The van der Waals surface area contributed by atoms with Gasteiger partial charge in [0.2, 0.25) is 0 Å². The summed E-state index contributed by atoms with van der Waals surface area (Å²) in [6, 6.07) is 18.9. The summed E-state index contributed by atoms with van der Waals surface area (Å²) in [6.45, 7) is 4.27. The fourth-order valence-electron chi connectivity index (χ4n) is 4.15. The highest BCUT2D eigenvalue weighted by atomic mass is 32.2. The van der Waals surface area contributed by atoms with E-state index in [1.165, 1.54) is 11.3 Å². The molecule has 0 radical (unpaired) electrons. The first kappa shape index (κ1) is 17.4. The lowest BCUT2D eigenvalue weighted by atomic mass is 10.1. The van der Waals surface area contributed by atoms with Crippen molar-refractivity contribution in [2.75, 3.05) is 11.9 Å². The van der Waals surface area contributed by atoms with Gasteiger partial charge in [-0.05, 0) is 37.6 Å². The predicted molar refractivity (Wildman–Crippen MR) is 117 cm³/mol. The first-order chi connectivity index (χ1) is 13.6. The van der Waals surface area contributed by atoms with Crippen LogP contribution < -0.4 is 9.64 Å². The van der Waals surface area contributed by atoms with E-state index in [1.54, 1.807) is 0 Å². The van der Waals surface area contributed by atoms with Crippen LogP contribution in [0.2, 0.25) is 0 Å². The van der Waals surface area contributed by atoms with Gasteiger partial charge in [-0.1, -0.05) is 42.5 Å². The number of nitrogens with zero attached hydrogens (tertiary/aromatic N) is 3. The molecule has 3 aliphatic rings. The summed E-state index contributed by atoms with van der Waals surface area (Å²) in [5.41, 5.74) is 4.77. The highest BCUT2D eigenvalue weighted by molar-refractivity contribution is 8.00. The number of hydrogen-bond acceptors (Lipinski definition) is 5. The molecule has 5 heteroatoms. The van der Waals surface area contributed by atoms with Gasteiger partial charge in [0.05, 0.1) is 10.9 Å². The number of aliphatic imine (C=N–C) groups is 1. The van der Waals surface area contributed by atoms with Gasteiger partial charge in [-0.3, -0.25) is 4.99 Å². The molecule has 0 aliphatic carbocycles. The number of ether oxygens (including phenoxy) is 1. The molecular formula is C23H23N3OS. The van der Waals surface area contributed by atoms with Crippen molar-refractivity contribution in [3.05, 3.63) is 83.9 Å². The molecule has 3 heterocycles. The monoisotopic (exact) mass is 389 g/mol. The van der Waals surface area contributed by atoms with Crippen molar-refractivity contribution in [3.63, 3.8) is 0 Å². The van der Waals surface area contributed by atoms with Crippen LogP contribution in [0, 0.1) is 0 Å². The maximum Gasteiger partial charge on any atom is 0.199 e. The first-order valence-electron chi connectivity index (χ1n) is 9.56. The van der Waals surface area contributed by atoms with Gasteiger partial charge < -0.3 is 14.5 Å². The molecular weight excluding hydrogens is 366 g/mol. The Morgan fingerprint density at radius 1 is 1.04 bits per heavy atom. The standard InChI is InChI=1S/C23H23N3OS/c1-15-13-16(2)26-21(14-20-25(3)18-11-7-8-12-19(18)27-20)28-22(23(26)24-15)17-9-5-4-6-10-17/h4-14,21-23H,1-3H3/b20-14+. The van der Waals surface area contributed by atoms with Crippen LogP contribution in [-0.2, 0) is 0 Å². The van der Waals surface area contributed by atoms with Crippen molar-refractivity contribution in [2.45, 2.75) is 30.6 Å². The molecule has 5 rings (SSSR count). The smallest absolute Gasteiger partial charge is 0.199 e. The molecule has 2 aromatic carbocycles. The molecule has 28 heavy (non-hydrogen) atoms. The van der Waals surface area contributed by atoms with Crippen LogP contribution >= 0.6 is 11.8 Å². The molecule has 2 aromatic rings. The van der Waals surface area contributed by atoms with Crippen molar-refractivity contribution >= 4 is 23.2 Å². The Balaban J connectivity index is 1.51. The maximum atomic E-state index is 6.15. The van der Waals surface area contributed by atoms with Crippen LogP contribution in [0.25, 0.3) is 0 Å². The van der Waals surface area contributed by atoms with Gasteiger partial charge in [0.1, 0.15) is 11.5 Å². The van der Waals surface area contributed by atoms with Gasteiger partial charge in [-0.15, -0.1) is 11.8 Å². The van der Waals surface area contributed by atoms with E-state index in [1.807, 2.05) is 30.0 Å². The summed E-state index contributed by atoms with van der Waals surface area (Å²) in [6.07, 6.45) is 4.51. The molecule has 1 saturated heterocycles. The summed E-state index contributed by atoms with van der Waals surface area (Å²) in [5, 5.41) is 0.450. The minimum atomic E-state index is 0.105. The van der Waals surface area contributed by atoms with Crippen molar-refractivity contribution in [1.82, 2.24) is 4.90 Å². The SMILES string of the molecule is CC1=CC(C)=NC2C(c3ccccc3)SC(/C=C3/Oc4ccccc4N3C)N12. The molecule has 0 bridgehead atoms.